The zero-order valence-corrected chi connectivity index (χ0v) is 44.0. The van der Waals surface area contributed by atoms with Gasteiger partial charge in [0, 0.05) is 19.6 Å². The van der Waals surface area contributed by atoms with E-state index in [1.807, 2.05) is 19.9 Å². The number of halogens is 11. The minimum atomic E-state index is -0.558. The predicted molar refractivity (Wildman–Crippen MR) is 277 cm³/mol. The molecule has 360 valence electrons. The molecule has 0 saturated carbocycles. The van der Waals surface area contributed by atoms with Gasteiger partial charge < -0.3 is 40.8 Å². The van der Waals surface area contributed by atoms with Crippen LogP contribution in [0.2, 0.25) is 40.2 Å². The topological polar surface area (TPSA) is 205 Å². The molecule has 4 aromatic rings. The van der Waals surface area contributed by atoms with Gasteiger partial charge in [-0.3, -0.25) is 10.4 Å². The largest absolute Gasteiger partial charge is 0.505 e. The first kappa shape index (κ1) is 66.4. The Bertz CT molecular complexity index is 2030. The van der Waals surface area contributed by atoms with Crippen molar-refractivity contribution in [2.45, 2.75) is 58.3 Å². The minimum absolute atomic E-state index is 0. The number of rotatable bonds is 10. The van der Waals surface area contributed by atoms with Gasteiger partial charge in [0.25, 0.3) is 0 Å². The third-order valence-electron chi connectivity index (χ3n) is 6.86. The van der Waals surface area contributed by atoms with Crippen LogP contribution in [0.4, 0.5) is 0 Å². The fourth-order valence-electron chi connectivity index (χ4n) is 3.90. The quantitative estimate of drug-likeness (QED) is 0.0577. The second-order valence-electron chi connectivity index (χ2n) is 11.9. The molecule has 0 spiro atoms. The summed E-state index contributed by atoms with van der Waals surface area (Å²) in [7, 11) is 0. The van der Waals surface area contributed by atoms with E-state index in [0.717, 1.165) is 18.9 Å². The highest BCUT2D eigenvalue weighted by Gasteiger charge is 2.18. The Hall–Kier alpha value is -2.89. The fourth-order valence-corrected chi connectivity index (χ4v) is 5.76. The van der Waals surface area contributed by atoms with Gasteiger partial charge in [-0.15, -0.1) is 36.4 Å². The molecule has 0 radical (unpaired) electrons. The van der Waals surface area contributed by atoms with Gasteiger partial charge in [0.1, 0.15) is 17.3 Å². The first-order chi connectivity index (χ1) is 29.8. The molecule has 1 aliphatic rings. The maximum Gasteiger partial charge on any atom is 0.222 e. The molecule has 4 unspecified atom stereocenters. The van der Waals surface area contributed by atoms with Gasteiger partial charge in [0.2, 0.25) is 5.90 Å². The van der Waals surface area contributed by atoms with Gasteiger partial charge in [0.05, 0.1) is 59.4 Å². The van der Waals surface area contributed by atoms with Crippen LogP contribution in [0.3, 0.4) is 0 Å². The van der Waals surface area contributed by atoms with Gasteiger partial charge in [0.15, 0.2) is 41.3 Å². The maximum atomic E-state index is 8.94. The highest BCUT2D eigenvalue weighted by Crippen LogP contribution is 2.35. The molecule has 0 amide bonds. The molecule has 4 aromatic carbocycles. The number of nitrogens with two attached hydrogens (primary N) is 2. The van der Waals surface area contributed by atoms with E-state index in [1.54, 1.807) is 99.6 Å². The average molecular weight is 1120 g/mol. The summed E-state index contributed by atoms with van der Waals surface area (Å²) in [6.07, 6.45) is -1.24. The number of phenols is 1. The van der Waals surface area contributed by atoms with E-state index >= 15 is 0 Å². The highest BCUT2D eigenvalue weighted by atomic mass is 35.5. The lowest BCUT2D eigenvalue weighted by Gasteiger charge is -2.17. The summed E-state index contributed by atoms with van der Waals surface area (Å²) in [4.78, 5) is 4.29. The molecular formula is C42H50Cl11N7O5. The Morgan fingerprint density at radius 1 is 0.692 bits per heavy atom. The molecule has 0 aliphatic carbocycles. The van der Waals surface area contributed by atoms with Gasteiger partial charge in [-0.1, -0.05) is 117 Å². The van der Waals surface area contributed by atoms with Crippen LogP contribution in [0.15, 0.2) is 77.8 Å². The van der Waals surface area contributed by atoms with Crippen LogP contribution in [0.5, 0.6) is 23.0 Å². The lowest BCUT2D eigenvalue weighted by atomic mass is 10.3. The molecule has 12 nitrogen and oxygen atoms in total. The normalized spacial score (nSPS) is 12.2. The molecule has 5 rings (SSSR count). The first-order valence-electron chi connectivity index (χ1n) is 18.6. The molecule has 0 bridgehead atoms. The highest BCUT2D eigenvalue weighted by molar-refractivity contribution is 6.38. The average Bonchev–Trinajstić information content (AvgIpc) is 3.81. The summed E-state index contributed by atoms with van der Waals surface area (Å²) in [5, 5.41) is 38.8. The number of alkyl halides is 1. The molecule has 0 saturated heterocycles. The van der Waals surface area contributed by atoms with Crippen LogP contribution in [-0.2, 0) is 4.74 Å². The second kappa shape index (κ2) is 38.1. The Labute approximate surface area is 438 Å². The summed E-state index contributed by atoms with van der Waals surface area (Å²) in [5.74, 6) is 2.09. The number of amidine groups is 1. The first-order valence-corrected chi connectivity index (χ1v) is 22.0. The predicted octanol–water partition coefficient (Wildman–Crippen LogP) is 13.4. The van der Waals surface area contributed by atoms with Gasteiger partial charge in [-0.05, 0) is 83.1 Å². The molecule has 7 N–H and O–H groups in total. The number of nitrogens with one attached hydrogen (secondary N) is 2. The van der Waals surface area contributed by atoms with E-state index in [0.29, 0.717) is 67.1 Å². The van der Waals surface area contributed by atoms with Crippen molar-refractivity contribution >= 4 is 141 Å². The van der Waals surface area contributed by atoms with Crippen molar-refractivity contribution in [2.75, 3.05) is 32.8 Å². The number of aromatic hydroxyl groups is 1. The summed E-state index contributed by atoms with van der Waals surface area (Å²) < 4.78 is 21.4. The Morgan fingerprint density at radius 2 is 1.05 bits per heavy atom. The monoisotopic (exact) mass is 1120 g/mol. The molecule has 1 aliphatic heterocycles. The van der Waals surface area contributed by atoms with Crippen LogP contribution in [0, 0.1) is 28.1 Å². The van der Waals surface area contributed by atoms with Crippen molar-refractivity contribution in [1.82, 2.24) is 5.32 Å². The van der Waals surface area contributed by atoms with Crippen LogP contribution >= 0.6 is 129 Å². The van der Waals surface area contributed by atoms with Crippen molar-refractivity contribution in [3.63, 3.8) is 0 Å². The number of para-hydroxylation sites is 4. The van der Waals surface area contributed by atoms with Crippen molar-refractivity contribution < 1.29 is 24.1 Å². The SMILES string of the molecule is CC(C#N)Oc1c(Cl)cccc1Cl.CC(Cl)C#N.CC(Oc1c(Cl)cccc1Cl)C1=NCCN1.CCOC(=N)C(C)Oc1c(Cl)cccc1Cl.Cl.Cl.NCCN.Oc1c(Cl)cccc1Cl. The van der Waals surface area contributed by atoms with Crippen LogP contribution < -0.4 is 31.0 Å². The summed E-state index contributed by atoms with van der Waals surface area (Å²) >= 11 is 51.6. The smallest absolute Gasteiger partial charge is 0.222 e. The number of hydrogen-bond donors (Lipinski definition) is 5. The van der Waals surface area contributed by atoms with Crippen molar-refractivity contribution in [2.24, 2.45) is 16.5 Å². The number of phenolic OH excluding ortho intramolecular Hbond substituents is 1. The third-order valence-corrected chi connectivity index (χ3v) is 9.35. The summed E-state index contributed by atoms with van der Waals surface area (Å²) in [5.41, 5.74) is 9.81. The molecule has 23 heteroatoms. The van der Waals surface area contributed by atoms with Crippen molar-refractivity contribution in [3.8, 4) is 35.1 Å². The number of nitrogens with zero attached hydrogens (tertiary/aromatic N) is 3. The van der Waals surface area contributed by atoms with Crippen LogP contribution in [-0.4, -0.2) is 73.3 Å². The maximum absolute atomic E-state index is 8.94. The van der Waals surface area contributed by atoms with Crippen LogP contribution in [0.1, 0.15) is 34.6 Å². The molecular weight excluding hydrogens is 1070 g/mol. The molecule has 4 atom stereocenters. The molecule has 65 heavy (non-hydrogen) atoms. The van der Waals surface area contributed by atoms with Gasteiger partial charge >= 0.3 is 0 Å². The summed E-state index contributed by atoms with van der Waals surface area (Å²) in [6, 6.07) is 23.9. The van der Waals surface area contributed by atoms with E-state index in [9.17, 15) is 0 Å². The van der Waals surface area contributed by atoms with Gasteiger partial charge in [-0.2, -0.15) is 10.5 Å². The zero-order valence-electron chi connectivity index (χ0n) is 35.6. The fraction of sp³-hybridized carbons (Fsp3) is 0.333. The van der Waals surface area contributed by atoms with Crippen LogP contribution in [0.25, 0.3) is 0 Å². The van der Waals surface area contributed by atoms with E-state index in [-0.39, 0.29) is 58.0 Å². The second-order valence-corrected chi connectivity index (χ2v) is 15.9. The Morgan fingerprint density at radius 3 is 1.34 bits per heavy atom. The lowest BCUT2D eigenvalue weighted by molar-refractivity contribution is 0.220. The van der Waals surface area contributed by atoms with Crippen molar-refractivity contribution in [3.05, 3.63) is 113 Å². The standard InChI is InChI=1S/C11H12Cl2N2O.C11H13Cl2NO2.C9H7Cl2NO.C6H4Cl2O.C3H4ClN.C2H8N2.2ClH/c1-7(11-14-5-6-15-11)16-10-8(12)3-2-4-9(10)13;1-3-15-11(14)7(2)16-10-8(12)5-4-6-9(10)13;1-6(5-12)13-9-7(10)3-2-4-8(9)11;7-4-2-1-3-5(8)6(4)9;1-3(4)2-5;3-1-2-4;;/h2-4,7H,5-6H2,1H3,(H,14,15);4-7,14H,3H2,1-2H3;2-4,6H,1H3;1-3,9H;3H,1H3;1-4H2;2*1H. The number of ether oxygens (including phenoxy) is 4. The van der Waals surface area contributed by atoms with Gasteiger partial charge in [-0.25, -0.2) is 0 Å². The number of benzene rings is 4. The van der Waals surface area contributed by atoms with E-state index in [4.69, 9.17) is 156 Å². The lowest BCUT2D eigenvalue weighted by Crippen LogP contribution is -2.33. The van der Waals surface area contributed by atoms with E-state index < -0.39 is 12.2 Å². The number of hydrogen-bond acceptors (Lipinski definition) is 12. The van der Waals surface area contributed by atoms with Crippen molar-refractivity contribution in [1.29, 1.82) is 15.9 Å². The molecule has 1 heterocycles. The molecule has 0 aromatic heterocycles. The zero-order chi connectivity index (χ0) is 48.1. The number of nitriles is 2. The molecule has 0 fully saturated rings. The summed E-state index contributed by atoms with van der Waals surface area (Å²) in [6.45, 7) is 12.0. The Balaban J connectivity index is -0.000000744. The number of aliphatic imine (C=N–C) groups is 1. The minimum Gasteiger partial charge on any atom is -0.505 e. The van der Waals surface area contributed by atoms with E-state index in [1.165, 1.54) is 0 Å². The van der Waals surface area contributed by atoms with E-state index in [2.05, 4.69) is 10.3 Å². The third kappa shape index (κ3) is 27.5. The Kier molecular flexibility index (Phi) is 38.9.